The highest BCUT2D eigenvalue weighted by molar-refractivity contribution is 7.99. The predicted octanol–water partition coefficient (Wildman–Crippen LogP) is 7.16. The minimum Gasteiger partial charge on any atom is -0.355 e. The number of nitrogens with zero attached hydrogens (tertiary/aromatic N) is 1. The molecule has 9 heteroatoms. The van der Waals surface area contributed by atoms with Crippen molar-refractivity contribution in [3.63, 3.8) is 0 Å². The van der Waals surface area contributed by atoms with E-state index in [4.69, 9.17) is 11.6 Å². The number of hydrogen-bond donors (Lipinski definition) is 1. The summed E-state index contributed by atoms with van der Waals surface area (Å²) in [5.74, 6) is 0. The molecule has 0 aliphatic rings. The first-order valence-corrected chi connectivity index (χ1v) is 9.07. The molecule has 0 radical (unpaired) electrons. The highest BCUT2D eigenvalue weighted by Gasteiger charge is 2.29. The van der Waals surface area contributed by atoms with Gasteiger partial charge in [0.15, 0.2) is 0 Å². The summed E-state index contributed by atoms with van der Waals surface area (Å²) in [4.78, 5) is 12.2. The van der Waals surface area contributed by atoms with Crippen LogP contribution in [0.15, 0.2) is 76.5 Å². The average Bonchev–Trinajstić information content (AvgIpc) is 2.63. The molecule has 0 aliphatic heterocycles. The lowest BCUT2D eigenvalue weighted by Gasteiger charge is -2.11. The Kier molecular flexibility index (Phi) is 5.81. The molecule has 0 saturated heterocycles. The number of rotatable bonds is 5. The molecule has 3 aromatic carbocycles. The van der Waals surface area contributed by atoms with Crippen LogP contribution < -0.4 is 5.32 Å². The van der Waals surface area contributed by atoms with E-state index < -0.39 is 16.7 Å². The van der Waals surface area contributed by atoms with Crippen molar-refractivity contribution < 1.29 is 18.1 Å². The van der Waals surface area contributed by atoms with E-state index in [2.05, 4.69) is 5.32 Å². The number of benzene rings is 3. The highest BCUT2D eigenvalue weighted by Crippen LogP contribution is 2.35. The summed E-state index contributed by atoms with van der Waals surface area (Å²) in [6, 6.07) is 15.9. The van der Waals surface area contributed by atoms with Gasteiger partial charge in [0.1, 0.15) is 0 Å². The van der Waals surface area contributed by atoms with E-state index in [1.807, 2.05) is 0 Å². The Bertz CT molecular complexity index is 994. The van der Waals surface area contributed by atoms with Gasteiger partial charge in [-0.25, -0.2) is 0 Å². The molecule has 0 atom stereocenters. The number of alkyl halides is 3. The van der Waals surface area contributed by atoms with Gasteiger partial charge in [0, 0.05) is 38.3 Å². The third-order valence-corrected chi connectivity index (χ3v) is 4.88. The number of halogens is 4. The van der Waals surface area contributed by atoms with Gasteiger partial charge < -0.3 is 5.32 Å². The normalized spacial score (nSPS) is 11.3. The Morgan fingerprint density at radius 1 is 0.893 bits per heavy atom. The van der Waals surface area contributed by atoms with Gasteiger partial charge in [-0.05, 0) is 54.6 Å². The van der Waals surface area contributed by atoms with Gasteiger partial charge in [0.2, 0.25) is 0 Å². The summed E-state index contributed by atoms with van der Waals surface area (Å²) in [5, 5.41) is 14.7. The molecule has 3 rings (SSSR count). The van der Waals surface area contributed by atoms with Crippen LogP contribution in [-0.2, 0) is 6.18 Å². The van der Waals surface area contributed by atoms with Gasteiger partial charge in [-0.1, -0.05) is 23.4 Å². The highest BCUT2D eigenvalue weighted by atomic mass is 35.5. The van der Waals surface area contributed by atoms with E-state index in [0.29, 0.717) is 21.3 Å². The number of nitrogens with one attached hydrogen (secondary N) is 1. The molecule has 4 nitrogen and oxygen atoms in total. The average molecular weight is 425 g/mol. The van der Waals surface area contributed by atoms with Gasteiger partial charge in [-0.15, -0.1) is 0 Å². The fourth-order valence-electron chi connectivity index (χ4n) is 2.37. The third kappa shape index (κ3) is 5.17. The maximum atomic E-state index is 12.7. The minimum atomic E-state index is -4.42. The van der Waals surface area contributed by atoms with Crippen molar-refractivity contribution in [2.24, 2.45) is 0 Å². The second-order valence-electron chi connectivity index (χ2n) is 5.73. The summed E-state index contributed by atoms with van der Waals surface area (Å²) >= 11 is 7.16. The largest absolute Gasteiger partial charge is 0.416 e. The van der Waals surface area contributed by atoms with Gasteiger partial charge in [0.05, 0.1) is 10.5 Å². The predicted molar refractivity (Wildman–Crippen MR) is 103 cm³/mol. The van der Waals surface area contributed by atoms with E-state index in [0.717, 1.165) is 17.0 Å². The number of nitro benzene ring substituents is 1. The van der Waals surface area contributed by atoms with Crippen LogP contribution in [0.3, 0.4) is 0 Å². The lowest BCUT2D eigenvalue weighted by Crippen LogP contribution is -2.04. The zero-order chi connectivity index (χ0) is 20.3. The van der Waals surface area contributed by atoms with E-state index >= 15 is 0 Å². The maximum absolute atomic E-state index is 12.7. The maximum Gasteiger partial charge on any atom is 0.416 e. The molecule has 0 saturated carbocycles. The first kappa shape index (κ1) is 20.0. The fourth-order valence-corrected chi connectivity index (χ4v) is 3.40. The first-order chi connectivity index (χ1) is 13.2. The van der Waals surface area contributed by atoms with Crippen molar-refractivity contribution in [1.29, 1.82) is 0 Å². The molecule has 3 aromatic rings. The van der Waals surface area contributed by atoms with Crippen LogP contribution >= 0.6 is 23.4 Å². The molecule has 0 amide bonds. The third-order valence-electron chi connectivity index (χ3n) is 3.65. The van der Waals surface area contributed by atoms with Crippen LogP contribution in [0.25, 0.3) is 0 Å². The van der Waals surface area contributed by atoms with Gasteiger partial charge in [0.25, 0.3) is 5.69 Å². The summed E-state index contributed by atoms with van der Waals surface area (Å²) in [6.07, 6.45) is -4.42. The summed E-state index contributed by atoms with van der Waals surface area (Å²) in [7, 11) is 0. The van der Waals surface area contributed by atoms with Crippen LogP contribution in [0, 0.1) is 10.1 Å². The zero-order valence-electron chi connectivity index (χ0n) is 14.0. The van der Waals surface area contributed by atoms with E-state index in [9.17, 15) is 23.3 Å². The molecule has 0 fully saturated rings. The van der Waals surface area contributed by atoms with E-state index in [1.165, 1.54) is 36.0 Å². The van der Waals surface area contributed by atoms with Crippen molar-refractivity contribution in [3.8, 4) is 0 Å². The molecule has 0 unspecified atom stereocenters. The molecule has 0 heterocycles. The van der Waals surface area contributed by atoms with E-state index in [1.54, 1.807) is 30.3 Å². The number of non-ortho nitro benzene ring substituents is 1. The quantitative estimate of drug-likeness (QED) is 0.348. The molecule has 28 heavy (non-hydrogen) atoms. The van der Waals surface area contributed by atoms with Crippen LogP contribution in [-0.4, -0.2) is 4.92 Å². The molecule has 0 aliphatic carbocycles. The standard InChI is InChI=1S/C19H12ClF3N2O2S/c20-13-3-7-17(8-4-13)28-18-10-15(9-16(11-18)25(26)27)24-14-5-1-12(2-6-14)19(21,22)23/h1-11,24H. The first-order valence-electron chi connectivity index (χ1n) is 7.88. The molecule has 0 spiro atoms. The lowest BCUT2D eigenvalue weighted by molar-refractivity contribution is -0.385. The second-order valence-corrected chi connectivity index (χ2v) is 7.31. The zero-order valence-corrected chi connectivity index (χ0v) is 15.6. The SMILES string of the molecule is O=[N+]([O-])c1cc(Nc2ccc(C(F)(F)F)cc2)cc(Sc2ccc(Cl)cc2)c1. The van der Waals surface area contributed by atoms with Crippen LogP contribution in [0.1, 0.15) is 5.56 Å². The number of hydrogen-bond acceptors (Lipinski definition) is 4. The topological polar surface area (TPSA) is 55.2 Å². The van der Waals surface area contributed by atoms with Gasteiger partial charge in [-0.3, -0.25) is 10.1 Å². The monoisotopic (exact) mass is 424 g/mol. The Labute approximate surface area is 167 Å². The van der Waals surface area contributed by atoms with Crippen molar-refractivity contribution >= 4 is 40.4 Å². The van der Waals surface area contributed by atoms with Crippen LogP contribution in [0.5, 0.6) is 0 Å². The summed E-state index contributed by atoms with van der Waals surface area (Å²) in [6.45, 7) is 0. The minimum absolute atomic E-state index is 0.131. The summed E-state index contributed by atoms with van der Waals surface area (Å²) in [5.41, 5.74) is -0.120. The molecule has 1 N–H and O–H groups in total. The number of anilines is 2. The Balaban J connectivity index is 1.86. The Hall–Kier alpha value is -2.71. The van der Waals surface area contributed by atoms with Crippen LogP contribution in [0.4, 0.5) is 30.2 Å². The van der Waals surface area contributed by atoms with Crippen molar-refractivity contribution in [1.82, 2.24) is 0 Å². The molecular formula is C19H12ClF3N2O2S. The summed E-state index contributed by atoms with van der Waals surface area (Å²) < 4.78 is 38.0. The second kappa shape index (κ2) is 8.12. The molecular weight excluding hydrogens is 413 g/mol. The van der Waals surface area contributed by atoms with Gasteiger partial charge >= 0.3 is 6.18 Å². The van der Waals surface area contributed by atoms with Crippen molar-refractivity contribution in [3.05, 3.63) is 87.4 Å². The molecule has 0 bridgehead atoms. The van der Waals surface area contributed by atoms with Gasteiger partial charge in [-0.2, -0.15) is 13.2 Å². The molecule has 144 valence electrons. The fraction of sp³-hybridized carbons (Fsp3) is 0.0526. The van der Waals surface area contributed by atoms with E-state index in [-0.39, 0.29) is 5.69 Å². The van der Waals surface area contributed by atoms with Crippen LogP contribution in [0.2, 0.25) is 5.02 Å². The Morgan fingerprint density at radius 2 is 1.54 bits per heavy atom. The van der Waals surface area contributed by atoms with Crippen molar-refractivity contribution in [2.75, 3.05) is 5.32 Å². The lowest BCUT2D eigenvalue weighted by atomic mass is 10.2. The number of nitro groups is 1. The van der Waals surface area contributed by atoms with Crippen molar-refractivity contribution in [2.45, 2.75) is 16.0 Å². The molecule has 0 aromatic heterocycles. The smallest absolute Gasteiger partial charge is 0.355 e. The Morgan fingerprint density at radius 3 is 2.11 bits per heavy atom.